The summed E-state index contributed by atoms with van der Waals surface area (Å²) in [7, 11) is -8.03. The van der Waals surface area contributed by atoms with E-state index in [1.165, 1.54) is 54.6 Å². The van der Waals surface area contributed by atoms with Gasteiger partial charge in [0.2, 0.25) is 5.91 Å². The zero-order chi connectivity index (χ0) is 29.1. The molecule has 0 radical (unpaired) electrons. The van der Waals surface area contributed by atoms with E-state index >= 15 is 0 Å². The average molecular weight is 619 g/mol. The topological polar surface area (TPSA) is 113 Å². The van der Waals surface area contributed by atoms with Crippen molar-refractivity contribution in [3.05, 3.63) is 112 Å². The number of hydrogen-bond acceptors (Lipinski definition) is 5. The van der Waals surface area contributed by atoms with Crippen molar-refractivity contribution in [2.24, 2.45) is 0 Å². The Kier molecular flexibility index (Phi) is 8.74. The van der Waals surface area contributed by atoms with E-state index in [1.54, 1.807) is 43.3 Å². The van der Waals surface area contributed by atoms with Crippen LogP contribution < -0.4 is 14.3 Å². The molecule has 0 heterocycles. The maximum absolute atomic E-state index is 13.6. The molecule has 4 aromatic carbocycles. The highest BCUT2D eigenvalue weighted by atomic mass is 35.5. The van der Waals surface area contributed by atoms with Crippen LogP contribution in [0.1, 0.15) is 11.1 Å². The van der Waals surface area contributed by atoms with Crippen LogP contribution in [0, 0.1) is 13.8 Å². The molecule has 0 unspecified atom stereocenters. The number of sulfonamides is 2. The van der Waals surface area contributed by atoms with E-state index in [-0.39, 0.29) is 21.2 Å². The Morgan fingerprint density at radius 1 is 0.725 bits per heavy atom. The van der Waals surface area contributed by atoms with Gasteiger partial charge in [0.15, 0.2) is 0 Å². The second-order valence-corrected chi connectivity index (χ2v) is 13.4. The third kappa shape index (κ3) is 6.95. The third-order valence-corrected chi connectivity index (χ3v) is 9.54. The highest BCUT2D eigenvalue weighted by Crippen LogP contribution is 2.30. The zero-order valence-corrected chi connectivity index (χ0v) is 24.6. The Morgan fingerprint density at radius 2 is 1.27 bits per heavy atom. The van der Waals surface area contributed by atoms with Gasteiger partial charge in [0.1, 0.15) is 6.54 Å². The molecule has 2 N–H and O–H groups in total. The third-order valence-electron chi connectivity index (χ3n) is 5.88. The van der Waals surface area contributed by atoms with Gasteiger partial charge in [-0.1, -0.05) is 47.0 Å². The maximum Gasteiger partial charge on any atom is 0.264 e. The quantitative estimate of drug-likeness (QED) is 0.231. The van der Waals surface area contributed by atoms with Gasteiger partial charge in [-0.15, -0.1) is 0 Å². The van der Waals surface area contributed by atoms with Gasteiger partial charge >= 0.3 is 0 Å². The Labute approximate surface area is 243 Å². The molecule has 0 atom stereocenters. The number of carbonyl (C=O) groups is 1. The first kappa shape index (κ1) is 29.4. The second kappa shape index (κ2) is 11.9. The summed E-state index contributed by atoms with van der Waals surface area (Å²) in [5, 5.41) is 3.42. The standard InChI is InChI=1S/C28H25Cl2N3O5S2/c1-19-3-13-26(14-4-19)40(37,38)33(27-17-22(30)6-5-20(27)2)18-28(34)31-23-11-15-25(16-12-23)39(35,36)32-24-9-7-21(29)8-10-24/h3-17,32H,18H2,1-2H3,(H,31,34). The van der Waals surface area contributed by atoms with Gasteiger partial charge in [0.25, 0.3) is 20.0 Å². The summed E-state index contributed by atoms with van der Waals surface area (Å²) in [6, 6.07) is 22.8. The number of rotatable bonds is 9. The van der Waals surface area contributed by atoms with Crippen molar-refractivity contribution in [2.45, 2.75) is 23.6 Å². The number of hydrogen-bond donors (Lipinski definition) is 2. The number of benzene rings is 4. The molecule has 0 aliphatic rings. The predicted octanol–water partition coefficient (Wildman–Crippen LogP) is 6.25. The highest BCUT2D eigenvalue weighted by molar-refractivity contribution is 7.93. The van der Waals surface area contributed by atoms with Crippen LogP contribution in [0.15, 0.2) is 101 Å². The number of nitrogens with one attached hydrogen (secondary N) is 2. The fraction of sp³-hybridized carbons (Fsp3) is 0.107. The molecule has 208 valence electrons. The molecule has 0 spiro atoms. The average Bonchev–Trinajstić information content (AvgIpc) is 2.90. The highest BCUT2D eigenvalue weighted by Gasteiger charge is 2.28. The number of carbonyl (C=O) groups excluding carboxylic acids is 1. The molecule has 0 aromatic heterocycles. The molecular formula is C28H25Cl2N3O5S2. The summed E-state index contributed by atoms with van der Waals surface area (Å²) in [5.74, 6) is -0.634. The van der Waals surface area contributed by atoms with Gasteiger partial charge in [-0.05, 0) is 92.2 Å². The van der Waals surface area contributed by atoms with Crippen molar-refractivity contribution in [1.82, 2.24) is 0 Å². The lowest BCUT2D eigenvalue weighted by atomic mass is 10.2. The van der Waals surface area contributed by atoms with Crippen LogP contribution in [-0.2, 0) is 24.8 Å². The van der Waals surface area contributed by atoms with Crippen LogP contribution in [-0.4, -0.2) is 29.3 Å². The normalized spacial score (nSPS) is 11.6. The van der Waals surface area contributed by atoms with Crippen molar-refractivity contribution in [2.75, 3.05) is 20.9 Å². The summed E-state index contributed by atoms with van der Waals surface area (Å²) in [6.45, 7) is 3.01. The largest absolute Gasteiger partial charge is 0.325 e. The number of amides is 1. The molecule has 0 aliphatic carbocycles. The van der Waals surface area contributed by atoms with Crippen LogP contribution in [0.4, 0.5) is 17.1 Å². The van der Waals surface area contributed by atoms with E-state index in [2.05, 4.69) is 10.0 Å². The number of halogens is 2. The molecule has 0 bridgehead atoms. The number of nitrogens with zero attached hydrogens (tertiary/aromatic N) is 1. The van der Waals surface area contributed by atoms with Crippen LogP contribution in [0.5, 0.6) is 0 Å². The first-order chi connectivity index (χ1) is 18.8. The first-order valence-electron chi connectivity index (χ1n) is 11.9. The van der Waals surface area contributed by atoms with E-state index in [0.717, 1.165) is 9.87 Å². The zero-order valence-electron chi connectivity index (χ0n) is 21.4. The number of aryl methyl sites for hydroxylation is 2. The minimum absolute atomic E-state index is 0.0213. The van der Waals surface area contributed by atoms with Crippen LogP contribution in [0.2, 0.25) is 10.0 Å². The Bertz CT molecular complexity index is 1740. The van der Waals surface area contributed by atoms with Gasteiger partial charge < -0.3 is 5.32 Å². The molecular weight excluding hydrogens is 593 g/mol. The SMILES string of the molecule is Cc1ccc(S(=O)(=O)N(CC(=O)Nc2ccc(S(=O)(=O)Nc3ccc(Cl)cc3)cc2)c2cc(Cl)ccc2C)cc1. The van der Waals surface area contributed by atoms with E-state index in [0.29, 0.717) is 21.3 Å². The smallest absolute Gasteiger partial charge is 0.264 e. The van der Waals surface area contributed by atoms with Crippen molar-refractivity contribution in [3.8, 4) is 0 Å². The fourth-order valence-corrected chi connectivity index (χ4v) is 6.60. The minimum Gasteiger partial charge on any atom is -0.325 e. The maximum atomic E-state index is 13.6. The lowest BCUT2D eigenvalue weighted by Gasteiger charge is -2.26. The van der Waals surface area contributed by atoms with E-state index < -0.39 is 32.5 Å². The molecule has 4 aromatic rings. The minimum atomic E-state index is -4.14. The summed E-state index contributed by atoms with van der Waals surface area (Å²) in [4.78, 5) is 13.1. The first-order valence-corrected chi connectivity index (χ1v) is 15.6. The predicted molar refractivity (Wildman–Crippen MR) is 159 cm³/mol. The van der Waals surface area contributed by atoms with Gasteiger partial charge in [-0.25, -0.2) is 16.8 Å². The Morgan fingerprint density at radius 3 is 1.90 bits per heavy atom. The monoisotopic (exact) mass is 617 g/mol. The van der Waals surface area contributed by atoms with Crippen LogP contribution in [0.3, 0.4) is 0 Å². The number of anilines is 3. The Hall–Kier alpha value is -3.57. The molecule has 4 rings (SSSR count). The summed E-state index contributed by atoms with van der Waals surface area (Å²) in [5.41, 5.74) is 2.38. The van der Waals surface area contributed by atoms with Crippen molar-refractivity contribution < 1.29 is 21.6 Å². The van der Waals surface area contributed by atoms with Gasteiger partial charge in [-0.2, -0.15) is 0 Å². The summed E-state index contributed by atoms with van der Waals surface area (Å²) >= 11 is 12.0. The van der Waals surface area contributed by atoms with Crippen LogP contribution in [0.25, 0.3) is 0 Å². The van der Waals surface area contributed by atoms with E-state index in [1.807, 2.05) is 6.92 Å². The molecule has 0 aliphatic heterocycles. The fourth-order valence-electron chi connectivity index (χ4n) is 3.77. The second-order valence-electron chi connectivity index (χ2n) is 8.94. The van der Waals surface area contributed by atoms with E-state index in [9.17, 15) is 21.6 Å². The molecule has 40 heavy (non-hydrogen) atoms. The van der Waals surface area contributed by atoms with Crippen molar-refractivity contribution in [3.63, 3.8) is 0 Å². The van der Waals surface area contributed by atoms with Gasteiger partial charge in [-0.3, -0.25) is 13.8 Å². The van der Waals surface area contributed by atoms with E-state index in [4.69, 9.17) is 23.2 Å². The Balaban J connectivity index is 1.55. The molecule has 0 saturated heterocycles. The molecule has 1 amide bonds. The van der Waals surface area contributed by atoms with Gasteiger partial charge in [0, 0.05) is 21.4 Å². The molecule has 12 heteroatoms. The molecule has 0 saturated carbocycles. The summed E-state index contributed by atoms with van der Waals surface area (Å²) in [6.07, 6.45) is 0. The van der Waals surface area contributed by atoms with Crippen LogP contribution >= 0.6 is 23.2 Å². The van der Waals surface area contributed by atoms with Gasteiger partial charge in [0.05, 0.1) is 15.5 Å². The van der Waals surface area contributed by atoms with Crippen molar-refractivity contribution in [1.29, 1.82) is 0 Å². The lowest BCUT2D eigenvalue weighted by Crippen LogP contribution is -2.38. The lowest BCUT2D eigenvalue weighted by molar-refractivity contribution is -0.114. The molecule has 8 nitrogen and oxygen atoms in total. The summed E-state index contributed by atoms with van der Waals surface area (Å²) < 4.78 is 56.2. The van der Waals surface area contributed by atoms with Crippen molar-refractivity contribution >= 4 is 66.2 Å². The molecule has 0 fully saturated rings.